The van der Waals surface area contributed by atoms with Gasteiger partial charge in [-0.1, -0.05) is 184 Å². The Hall–Kier alpha value is -2.29. The zero-order chi connectivity index (χ0) is 40.7. The fourth-order valence-corrected chi connectivity index (χ4v) is 6.21. The Morgan fingerprint density at radius 1 is 0.618 bits per heavy atom. The van der Waals surface area contributed by atoms with Gasteiger partial charge >= 0.3 is 19.8 Å². The number of unbranched alkanes of at least 4 members (excludes halogenated alkanes) is 16. The monoisotopic (exact) mass is 795 g/mol. The highest BCUT2D eigenvalue weighted by Gasteiger charge is 2.22. The van der Waals surface area contributed by atoms with E-state index in [9.17, 15) is 19.3 Å². The zero-order valence-corrected chi connectivity index (χ0v) is 35.7. The van der Waals surface area contributed by atoms with Crippen molar-refractivity contribution in [2.45, 2.75) is 193 Å². The van der Waals surface area contributed by atoms with Gasteiger partial charge in [0.05, 0.1) is 12.7 Å². The second kappa shape index (κ2) is 38.6. The van der Waals surface area contributed by atoms with Crippen LogP contribution in [0.25, 0.3) is 0 Å². The molecule has 0 aliphatic heterocycles. The van der Waals surface area contributed by atoms with Gasteiger partial charge in [0.25, 0.3) is 0 Å². The van der Waals surface area contributed by atoms with E-state index in [1.807, 2.05) is 55.5 Å². The van der Waals surface area contributed by atoms with Crippen LogP contribution in [0.1, 0.15) is 181 Å². The minimum absolute atomic E-state index is 0.115. The van der Waals surface area contributed by atoms with Crippen LogP contribution in [0.15, 0.2) is 60.8 Å². The molecule has 0 amide bonds. The lowest BCUT2D eigenvalue weighted by Crippen LogP contribution is -2.29. The van der Waals surface area contributed by atoms with Gasteiger partial charge in [-0.2, -0.15) is 0 Å². The predicted octanol–water partition coefficient (Wildman–Crippen LogP) is 12.1. The smallest absolute Gasteiger partial charge is 0.462 e. The number of hydrogen-bond acceptors (Lipinski definition) is 7. The molecule has 0 aromatic carbocycles. The van der Waals surface area contributed by atoms with E-state index in [0.29, 0.717) is 25.7 Å². The summed E-state index contributed by atoms with van der Waals surface area (Å²) in [5, 5.41) is 9.74. The molecule has 3 N–H and O–H groups in total. The minimum Gasteiger partial charge on any atom is -0.462 e. The average Bonchev–Trinajstić information content (AvgIpc) is 3.14. The Balaban J connectivity index is 4.01. The molecule has 0 fully saturated rings. The van der Waals surface area contributed by atoms with Crippen molar-refractivity contribution in [1.82, 2.24) is 0 Å². The fourth-order valence-electron chi connectivity index (χ4n) is 5.85. The van der Waals surface area contributed by atoms with Crippen LogP contribution in [0.4, 0.5) is 0 Å². The average molecular weight is 795 g/mol. The van der Waals surface area contributed by atoms with E-state index in [4.69, 9.17) is 19.3 Å². The van der Waals surface area contributed by atoms with E-state index in [-0.39, 0.29) is 19.4 Å². The fraction of sp³-hybridized carbons (Fsp3) is 0.733. The normalized spacial score (nSPS) is 13.7. The van der Waals surface area contributed by atoms with E-state index >= 15 is 0 Å². The number of esters is 2. The molecule has 0 saturated heterocycles. The molecule has 1 unspecified atom stereocenters. The molecule has 0 rings (SSSR count). The second-order valence-corrected chi connectivity index (χ2v) is 16.2. The largest absolute Gasteiger partial charge is 0.469 e. The molecule has 9 nitrogen and oxygen atoms in total. The standard InChI is InChI=1S/C45H79O9P/c1-4-5-35-42(46)36-31-27-23-19-15-12-13-17-21-25-29-33-38-45(48)54-43(40-53-55(49,50)51)39-52-44(47)37-32-28-24-20-16-11-9-7-6-8-10-14-18-22-26-30-34-41(2)3/h5,12-13,19,21,23,25,27,31,35,41-43,46H,4,6-11,14-18,20,22,24,26,28-30,32-34,36-40H2,1-3H3,(H2,49,50,51)/b13-12-,23-19-,25-21-,31-27+,35-5-/t42?,43-/m1/s1. The van der Waals surface area contributed by atoms with E-state index in [0.717, 1.165) is 38.0 Å². The Labute approximate surface area is 335 Å². The molecule has 2 atom stereocenters. The van der Waals surface area contributed by atoms with Gasteiger partial charge in [-0.25, -0.2) is 4.57 Å². The van der Waals surface area contributed by atoms with Gasteiger partial charge in [0, 0.05) is 12.8 Å². The molecule has 0 aliphatic rings. The first kappa shape index (κ1) is 52.7. The van der Waals surface area contributed by atoms with Gasteiger partial charge in [-0.15, -0.1) is 0 Å². The van der Waals surface area contributed by atoms with Gasteiger partial charge in [-0.3, -0.25) is 14.1 Å². The number of ether oxygens (including phenoxy) is 2. The van der Waals surface area contributed by atoms with Crippen molar-refractivity contribution in [3.8, 4) is 0 Å². The van der Waals surface area contributed by atoms with Crippen LogP contribution in [0.2, 0.25) is 0 Å². The Bertz CT molecular complexity index is 1110. The lowest BCUT2D eigenvalue weighted by molar-refractivity contribution is -0.161. The van der Waals surface area contributed by atoms with E-state index in [2.05, 4.69) is 30.5 Å². The molecule has 0 aliphatic carbocycles. The summed E-state index contributed by atoms with van der Waals surface area (Å²) in [5.74, 6) is -0.139. The Kier molecular flexibility index (Phi) is 37.0. The quantitative estimate of drug-likeness (QED) is 0.0183. The molecule has 0 heterocycles. The molecule has 0 spiro atoms. The molecular weight excluding hydrogens is 715 g/mol. The summed E-state index contributed by atoms with van der Waals surface area (Å²) in [5.41, 5.74) is 0. The number of allylic oxidation sites excluding steroid dienone is 8. The summed E-state index contributed by atoms with van der Waals surface area (Å²) in [7, 11) is -4.78. The molecule has 0 radical (unpaired) electrons. The van der Waals surface area contributed by atoms with Crippen LogP contribution in [0.3, 0.4) is 0 Å². The first-order valence-electron chi connectivity index (χ1n) is 21.5. The number of aliphatic hydroxyl groups is 1. The van der Waals surface area contributed by atoms with Crippen LogP contribution in [-0.4, -0.2) is 52.3 Å². The third kappa shape index (κ3) is 42.7. The second-order valence-electron chi connectivity index (χ2n) is 15.0. The number of aliphatic hydroxyl groups excluding tert-OH is 1. The summed E-state index contributed by atoms with van der Waals surface area (Å²) in [6.45, 7) is 5.76. The zero-order valence-electron chi connectivity index (χ0n) is 34.8. The molecule has 10 heteroatoms. The lowest BCUT2D eigenvalue weighted by atomic mass is 10.0. The van der Waals surface area contributed by atoms with Crippen LogP contribution in [0.5, 0.6) is 0 Å². The highest BCUT2D eigenvalue weighted by Crippen LogP contribution is 2.36. The van der Waals surface area contributed by atoms with E-state index in [1.54, 1.807) is 0 Å². The molecule has 55 heavy (non-hydrogen) atoms. The van der Waals surface area contributed by atoms with Gasteiger partial charge in [0.2, 0.25) is 0 Å². The number of phosphoric acid groups is 1. The third-order valence-corrected chi connectivity index (χ3v) is 9.54. The SMILES string of the molecule is CC/C=C\C(O)C/C=C/C=C\C/C=C\C/C=C\CCCC(=O)O[C@H](COC(=O)CCCCCCCCCCCCCCCCCCC(C)C)COP(=O)(O)O. The number of hydrogen-bond donors (Lipinski definition) is 3. The summed E-state index contributed by atoms with van der Waals surface area (Å²) in [6.07, 6.45) is 44.4. The van der Waals surface area contributed by atoms with Gasteiger partial charge in [0.1, 0.15) is 6.61 Å². The maximum atomic E-state index is 12.4. The first-order valence-corrected chi connectivity index (χ1v) is 23.1. The summed E-state index contributed by atoms with van der Waals surface area (Å²) in [4.78, 5) is 42.9. The molecule has 0 saturated carbocycles. The van der Waals surface area contributed by atoms with Crippen molar-refractivity contribution in [2.75, 3.05) is 13.2 Å². The van der Waals surface area contributed by atoms with Crippen molar-refractivity contribution in [3.63, 3.8) is 0 Å². The molecule has 0 aromatic heterocycles. The summed E-state index contributed by atoms with van der Waals surface area (Å²) >= 11 is 0. The molecule has 318 valence electrons. The van der Waals surface area contributed by atoms with Gasteiger partial charge in [-0.05, 0) is 50.9 Å². The maximum Gasteiger partial charge on any atom is 0.469 e. The predicted molar refractivity (Wildman–Crippen MR) is 226 cm³/mol. The number of rotatable bonds is 38. The molecule has 0 aromatic rings. The summed E-state index contributed by atoms with van der Waals surface area (Å²) in [6, 6.07) is 0. The maximum absolute atomic E-state index is 12.4. The highest BCUT2D eigenvalue weighted by molar-refractivity contribution is 7.46. The molecule has 0 bridgehead atoms. The van der Waals surface area contributed by atoms with Crippen LogP contribution in [0, 0.1) is 5.92 Å². The first-order chi connectivity index (χ1) is 26.5. The van der Waals surface area contributed by atoms with Crippen molar-refractivity contribution >= 4 is 19.8 Å². The third-order valence-electron chi connectivity index (χ3n) is 9.05. The van der Waals surface area contributed by atoms with Crippen LogP contribution in [-0.2, 0) is 28.2 Å². The highest BCUT2D eigenvalue weighted by atomic mass is 31.2. The Morgan fingerprint density at radius 2 is 1.13 bits per heavy atom. The van der Waals surface area contributed by atoms with E-state index < -0.39 is 38.6 Å². The van der Waals surface area contributed by atoms with Crippen molar-refractivity contribution in [1.29, 1.82) is 0 Å². The van der Waals surface area contributed by atoms with Crippen LogP contribution < -0.4 is 0 Å². The Morgan fingerprint density at radius 3 is 1.69 bits per heavy atom. The number of carbonyl (C=O) groups excluding carboxylic acids is 2. The van der Waals surface area contributed by atoms with E-state index in [1.165, 1.54) is 89.9 Å². The van der Waals surface area contributed by atoms with Crippen molar-refractivity contribution < 1.29 is 43.0 Å². The number of phosphoric ester groups is 1. The summed E-state index contributed by atoms with van der Waals surface area (Å²) < 4.78 is 26.3. The van der Waals surface area contributed by atoms with Gasteiger partial charge < -0.3 is 24.4 Å². The lowest BCUT2D eigenvalue weighted by Gasteiger charge is -2.18. The van der Waals surface area contributed by atoms with Gasteiger partial charge in [0.15, 0.2) is 6.10 Å². The van der Waals surface area contributed by atoms with Crippen molar-refractivity contribution in [2.24, 2.45) is 5.92 Å². The molecular formula is C45H79O9P. The number of carbonyl (C=O) groups is 2. The van der Waals surface area contributed by atoms with Crippen molar-refractivity contribution in [3.05, 3.63) is 60.8 Å². The van der Waals surface area contributed by atoms with Crippen LogP contribution >= 0.6 is 7.82 Å². The topological polar surface area (TPSA) is 140 Å². The minimum atomic E-state index is -4.78.